The van der Waals surface area contributed by atoms with E-state index in [1.807, 2.05) is 0 Å². The van der Waals surface area contributed by atoms with Gasteiger partial charge < -0.3 is 0 Å². The molecule has 0 aromatic heterocycles. The molecule has 338 valence electrons. The minimum Gasteiger partial charge on any atom is -0.0622 e. The maximum atomic E-state index is 2.41. The van der Waals surface area contributed by atoms with Gasteiger partial charge in [-0.25, -0.2) is 0 Å². The second-order valence-corrected chi connectivity index (χ2v) is 20.7. The van der Waals surface area contributed by atoms with Gasteiger partial charge in [-0.1, -0.05) is 266 Å². The van der Waals surface area contributed by atoms with Gasteiger partial charge in [0.05, 0.1) is 10.8 Å². The van der Waals surface area contributed by atoms with Crippen molar-refractivity contribution in [3.05, 3.63) is 308 Å². The molecule has 0 heteroatoms. The predicted molar refractivity (Wildman–Crippen MR) is 294 cm³/mol. The molecule has 0 saturated carbocycles. The van der Waals surface area contributed by atoms with E-state index in [0.717, 1.165) is 0 Å². The summed E-state index contributed by atoms with van der Waals surface area (Å²) in [4.78, 5) is 0. The van der Waals surface area contributed by atoms with Crippen molar-refractivity contribution in [2.75, 3.05) is 0 Å². The van der Waals surface area contributed by atoms with Crippen LogP contribution in [-0.4, -0.2) is 0 Å². The molecule has 4 aliphatic carbocycles. The number of hydrogen-bond donors (Lipinski definition) is 0. The fraction of sp³-hybridized carbons (Fsp3) is 0.143. The van der Waals surface area contributed by atoms with E-state index in [4.69, 9.17) is 0 Å². The van der Waals surface area contributed by atoms with Crippen LogP contribution in [0.3, 0.4) is 0 Å². The van der Waals surface area contributed by atoms with E-state index in [1.165, 1.54) is 128 Å². The third-order valence-electron chi connectivity index (χ3n) is 16.0. The normalized spacial score (nSPS) is 14.6. The zero-order valence-electron chi connectivity index (χ0n) is 41.4. The van der Waals surface area contributed by atoms with E-state index in [2.05, 4.69) is 273 Å². The van der Waals surface area contributed by atoms with E-state index in [-0.39, 0.29) is 16.2 Å². The quantitative estimate of drug-likeness (QED) is 0.162. The summed E-state index contributed by atoms with van der Waals surface area (Å²) < 4.78 is 0. The summed E-state index contributed by atoms with van der Waals surface area (Å²) >= 11 is 0. The fourth-order valence-corrected chi connectivity index (χ4v) is 12.9. The Bertz CT molecular complexity index is 3380. The molecular weight excluding hydrogens is 841 g/mol. The molecular formula is C70H58. The monoisotopic (exact) mass is 898 g/mol. The van der Waals surface area contributed by atoms with Gasteiger partial charge in [-0.05, 0) is 135 Å². The first-order valence-electron chi connectivity index (χ1n) is 25.0. The molecule has 0 unspecified atom stereocenters. The zero-order chi connectivity index (χ0) is 47.9. The average molecular weight is 899 g/mol. The van der Waals surface area contributed by atoms with Crippen LogP contribution >= 0.6 is 0 Å². The van der Waals surface area contributed by atoms with Gasteiger partial charge >= 0.3 is 0 Å². The first-order chi connectivity index (χ1) is 34.0. The molecule has 0 nitrogen and oxygen atoms in total. The summed E-state index contributed by atoms with van der Waals surface area (Å²) in [5.74, 6) is 0. The largest absolute Gasteiger partial charge is 0.0725 e. The van der Waals surface area contributed by atoms with E-state index in [9.17, 15) is 0 Å². The van der Waals surface area contributed by atoms with E-state index in [0.29, 0.717) is 0 Å². The Balaban J connectivity index is 0.000000112. The highest BCUT2D eigenvalue weighted by Crippen LogP contribution is 2.63. The molecule has 0 atom stereocenters. The van der Waals surface area contributed by atoms with Gasteiger partial charge in [0, 0.05) is 5.41 Å². The first-order valence-corrected chi connectivity index (χ1v) is 25.0. The number of aryl methyl sites for hydroxylation is 5. The van der Waals surface area contributed by atoms with Gasteiger partial charge in [0.2, 0.25) is 0 Å². The standard InChI is InChI=1S/C27H20.C27H22.C16H16/c1-17-11-13-21-22-14-12-18(2)16-26(22)27(25(21)15-17)23-9-5-3-7-19(23)20-8-4-6-10-24(20)27;1-19-13-15-23-24-16-14-20(2)18-26(24)27(25(23)17-19,21-9-5-3-6-10-21)22-11-7-4-8-12-22;1-11-8-9-13-12-6-4-5-7-14(12)16(2,3)15(13)10-11/h3-16H,1-2H3;3-18H,1-2H3;4-10H,1-3H3. The van der Waals surface area contributed by atoms with Gasteiger partial charge in [0.15, 0.2) is 0 Å². The summed E-state index contributed by atoms with van der Waals surface area (Å²) in [5.41, 5.74) is 31.3. The van der Waals surface area contributed by atoms with Crippen molar-refractivity contribution in [3.63, 3.8) is 0 Å². The molecule has 14 rings (SSSR count). The lowest BCUT2D eigenvalue weighted by molar-refractivity contribution is 0.660. The Morgan fingerprint density at radius 1 is 0.214 bits per heavy atom. The number of benzene rings is 10. The van der Waals surface area contributed by atoms with Crippen LogP contribution in [-0.2, 0) is 16.2 Å². The van der Waals surface area contributed by atoms with Crippen LogP contribution in [0.1, 0.15) is 97.3 Å². The van der Waals surface area contributed by atoms with E-state index in [1.54, 1.807) is 0 Å². The average Bonchev–Trinajstić information content (AvgIpc) is 4.02. The number of fused-ring (bicyclic) bond motifs is 16. The van der Waals surface area contributed by atoms with Crippen LogP contribution in [0.25, 0.3) is 44.5 Å². The summed E-state index contributed by atoms with van der Waals surface area (Å²) in [5, 5.41) is 0. The molecule has 10 aromatic carbocycles. The molecule has 1 spiro atoms. The van der Waals surface area contributed by atoms with Crippen LogP contribution in [0.2, 0.25) is 0 Å². The lowest BCUT2D eigenvalue weighted by Crippen LogP contribution is -2.28. The summed E-state index contributed by atoms with van der Waals surface area (Å²) in [6, 6.07) is 83.2. The number of rotatable bonds is 2. The van der Waals surface area contributed by atoms with Gasteiger partial charge in [0.25, 0.3) is 0 Å². The Hall–Kier alpha value is -7.80. The van der Waals surface area contributed by atoms with Gasteiger partial charge in [-0.2, -0.15) is 0 Å². The van der Waals surface area contributed by atoms with Gasteiger partial charge in [0.1, 0.15) is 0 Å². The minimum atomic E-state index is -0.273. The van der Waals surface area contributed by atoms with Crippen LogP contribution in [0.5, 0.6) is 0 Å². The number of hydrogen-bond acceptors (Lipinski definition) is 0. The minimum absolute atomic E-state index is 0.151. The summed E-state index contributed by atoms with van der Waals surface area (Å²) in [6.45, 7) is 15.6. The Labute approximate surface area is 415 Å². The highest BCUT2D eigenvalue weighted by Gasteiger charge is 2.52. The van der Waals surface area contributed by atoms with Crippen molar-refractivity contribution >= 4 is 0 Å². The third kappa shape index (κ3) is 6.36. The predicted octanol–water partition coefficient (Wildman–Crippen LogP) is 17.6. The van der Waals surface area contributed by atoms with Crippen molar-refractivity contribution in [2.45, 2.75) is 64.7 Å². The smallest absolute Gasteiger partial charge is 0.0622 e. The van der Waals surface area contributed by atoms with E-state index < -0.39 is 0 Å². The molecule has 0 aliphatic heterocycles. The molecule has 70 heavy (non-hydrogen) atoms. The first kappa shape index (κ1) is 43.5. The van der Waals surface area contributed by atoms with Crippen molar-refractivity contribution < 1.29 is 0 Å². The van der Waals surface area contributed by atoms with Crippen molar-refractivity contribution in [1.82, 2.24) is 0 Å². The molecule has 0 fully saturated rings. The molecule has 0 radical (unpaired) electrons. The Kier molecular flexibility index (Phi) is 10.2. The SMILES string of the molecule is Cc1ccc2c(c1)C(C)(C)c1ccccc1-2.Cc1ccc2c(c1)C(c1ccccc1)(c1ccccc1)c1cc(C)ccc1-2.Cc1ccc2c(c1)C1(c3ccccc3-c3ccccc31)c1cc(C)ccc1-2. The second-order valence-electron chi connectivity index (χ2n) is 20.7. The molecule has 0 saturated heterocycles. The van der Waals surface area contributed by atoms with Crippen LogP contribution in [0.4, 0.5) is 0 Å². The summed E-state index contributed by atoms with van der Waals surface area (Å²) in [7, 11) is 0. The lowest BCUT2D eigenvalue weighted by Gasteiger charge is -2.34. The molecule has 0 N–H and O–H groups in total. The molecule has 0 heterocycles. The highest BCUT2D eigenvalue weighted by atomic mass is 14.5. The molecule has 0 bridgehead atoms. The van der Waals surface area contributed by atoms with E-state index >= 15 is 0 Å². The van der Waals surface area contributed by atoms with Crippen molar-refractivity contribution in [1.29, 1.82) is 0 Å². The summed E-state index contributed by atoms with van der Waals surface area (Å²) in [6.07, 6.45) is 0. The molecule has 0 amide bonds. The van der Waals surface area contributed by atoms with Gasteiger partial charge in [-0.15, -0.1) is 0 Å². The zero-order valence-corrected chi connectivity index (χ0v) is 41.4. The second kappa shape index (κ2) is 16.4. The molecule has 4 aliphatic rings. The Morgan fingerprint density at radius 2 is 0.471 bits per heavy atom. The third-order valence-corrected chi connectivity index (χ3v) is 16.0. The Morgan fingerprint density at radius 3 is 0.843 bits per heavy atom. The van der Waals surface area contributed by atoms with Crippen molar-refractivity contribution in [2.24, 2.45) is 0 Å². The lowest BCUT2D eigenvalue weighted by atomic mass is 9.67. The van der Waals surface area contributed by atoms with Crippen LogP contribution < -0.4 is 0 Å². The van der Waals surface area contributed by atoms with Crippen LogP contribution in [0.15, 0.2) is 224 Å². The fourth-order valence-electron chi connectivity index (χ4n) is 12.9. The van der Waals surface area contributed by atoms with Crippen molar-refractivity contribution in [3.8, 4) is 44.5 Å². The molecule has 10 aromatic rings. The van der Waals surface area contributed by atoms with Gasteiger partial charge in [-0.3, -0.25) is 0 Å². The van der Waals surface area contributed by atoms with Crippen LogP contribution in [0, 0.1) is 34.6 Å². The highest BCUT2D eigenvalue weighted by molar-refractivity contribution is 5.95. The topological polar surface area (TPSA) is 0 Å². The maximum Gasteiger partial charge on any atom is 0.0725 e. The maximum absolute atomic E-state index is 2.41.